The van der Waals surface area contributed by atoms with E-state index in [9.17, 15) is 9.59 Å². The number of pyridine rings is 1. The Hall–Kier alpha value is -3.40. The Bertz CT molecular complexity index is 1300. The number of nitrogens with one attached hydrogen (secondary N) is 1. The average molecular weight is 526 g/mol. The average Bonchev–Trinajstić information content (AvgIpc) is 3.21. The van der Waals surface area contributed by atoms with Crippen LogP contribution in [0.4, 0.5) is 10.6 Å². The van der Waals surface area contributed by atoms with Crippen LogP contribution in [-0.4, -0.2) is 78.1 Å². The van der Waals surface area contributed by atoms with Crippen LogP contribution in [0.15, 0.2) is 47.0 Å². The number of carbonyl (C=O) groups is 2. The van der Waals surface area contributed by atoms with Crippen molar-refractivity contribution >= 4 is 47.2 Å². The summed E-state index contributed by atoms with van der Waals surface area (Å²) < 4.78 is 11.2. The number of rotatable bonds is 7. The van der Waals surface area contributed by atoms with Gasteiger partial charge >= 0.3 is 6.03 Å². The fourth-order valence-corrected chi connectivity index (χ4v) is 4.61. The molecule has 1 fully saturated rings. The number of furan rings is 1. The van der Waals surface area contributed by atoms with Crippen LogP contribution in [0.2, 0.25) is 0 Å². The van der Waals surface area contributed by atoms with Crippen molar-refractivity contribution < 1.29 is 18.7 Å². The lowest BCUT2D eigenvalue weighted by molar-refractivity contribution is -0.125. The molecule has 2 aliphatic heterocycles. The fourth-order valence-electron chi connectivity index (χ4n) is 4.61. The van der Waals surface area contributed by atoms with Crippen LogP contribution in [0.1, 0.15) is 22.5 Å². The number of nitrogens with zero attached hydrogens (tertiary/aromatic N) is 4. The summed E-state index contributed by atoms with van der Waals surface area (Å²) in [5.41, 5.74) is 3.58. The Morgan fingerprint density at radius 3 is 2.81 bits per heavy atom. The second-order valence-corrected chi connectivity index (χ2v) is 9.24. The van der Waals surface area contributed by atoms with Gasteiger partial charge in [-0.2, -0.15) is 0 Å². The monoisotopic (exact) mass is 525 g/mol. The van der Waals surface area contributed by atoms with Gasteiger partial charge in [-0.05, 0) is 30.7 Å². The molecule has 3 aromatic rings. The predicted octanol–water partition coefficient (Wildman–Crippen LogP) is 3.91. The van der Waals surface area contributed by atoms with Gasteiger partial charge in [-0.15, -0.1) is 12.4 Å². The van der Waals surface area contributed by atoms with Crippen molar-refractivity contribution in [1.29, 1.82) is 0 Å². The Morgan fingerprint density at radius 1 is 1.22 bits per heavy atom. The van der Waals surface area contributed by atoms with Gasteiger partial charge in [-0.1, -0.05) is 18.2 Å². The second kappa shape index (κ2) is 11.8. The summed E-state index contributed by atoms with van der Waals surface area (Å²) in [5.74, 6) is 1.28. The van der Waals surface area contributed by atoms with E-state index in [1.54, 1.807) is 35.2 Å². The molecular weight excluding hydrogens is 494 g/mol. The summed E-state index contributed by atoms with van der Waals surface area (Å²) in [6.07, 6.45) is 4.99. The molecule has 0 unspecified atom stereocenters. The third kappa shape index (κ3) is 6.12. The third-order valence-corrected chi connectivity index (χ3v) is 6.74. The molecule has 0 bridgehead atoms. The zero-order chi connectivity index (χ0) is 25.1. The van der Waals surface area contributed by atoms with E-state index in [4.69, 9.17) is 9.15 Å². The van der Waals surface area contributed by atoms with Gasteiger partial charge in [0.25, 0.3) is 0 Å². The van der Waals surface area contributed by atoms with Crippen molar-refractivity contribution in [1.82, 2.24) is 19.7 Å². The molecule has 0 aliphatic carbocycles. The number of fused-ring (bicyclic) bond motifs is 2. The number of ether oxygens (including phenoxy) is 1. The van der Waals surface area contributed by atoms with Gasteiger partial charge in [-0.25, -0.2) is 9.78 Å². The van der Waals surface area contributed by atoms with Crippen molar-refractivity contribution in [2.24, 2.45) is 0 Å². The minimum absolute atomic E-state index is 0. The first kappa shape index (κ1) is 26.7. The van der Waals surface area contributed by atoms with Crippen molar-refractivity contribution in [3.8, 4) is 0 Å². The number of aromatic nitrogens is 1. The molecule has 1 saturated heterocycles. The molecule has 0 atom stereocenters. The number of anilines is 1. The molecule has 37 heavy (non-hydrogen) atoms. The number of halogens is 1. The van der Waals surface area contributed by atoms with E-state index in [1.165, 1.54) is 0 Å². The SMILES string of the molecule is Cc1oc2ccccc2c1CN(C)C(=O)C=Cc1cnc2c(c1)CN(CCN1CCOCC1)C(=O)N2.Cl. The number of aryl methyl sites for hydroxylation is 1. The number of amides is 3. The van der Waals surface area contributed by atoms with E-state index in [1.807, 2.05) is 37.3 Å². The minimum Gasteiger partial charge on any atom is -0.461 e. The van der Waals surface area contributed by atoms with Gasteiger partial charge in [0.2, 0.25) is 5.91 Å². The summed E-state index contributed by atoms with van der Waals surface area (Å²) in [5, 5.41) is 3.90. The predicted molar refractivity (Wildman–Crippen MR) is 145 cm³/mol. The molecule has 9 nitrogen and oxygen atoms in total. The van der Waals surface area contributed by atoms with Crippen molar-refractivity contribution in [3.05, 3.63) is 65.1 Å². The molecule has 0 spiro atoms. The molecule has 1 N–H and O–H groups in total. The van der Waals surface area contributed by atoms with Crippen LogP contribution >= 0.6 is 12.4 Å². The lowest BCUT2D eigenvalue weighted by atomic mass is 10.1. The molecule has 0 saturated carbocycles. The summed E-state index contributed by atoms with van der Waals surface area (Å²) in [6, 6.07) is 9.69. The van der Waals surface area contributed by atoms with E-state index in [-0.39, 0.29) is 24.3 Å². The molecule has 2 aliphatic rings. The number of urea groups is 1. The highest BCUT2D eigenvalue weighted by atomic mass is 35.5. The smallest absolute Gasteiger partial charge is 0.323 e. The summed E-state index contributed by atoms with van der Waals surface area (Å²) in [4.78, 5) is 35.5. The maximum atomic E-state index is 12.8. The normalized spacial score (nSPS) is 15.9. The highest BCUT2D eigenvalue weighted by molar-refractivity contribution is 5.93. The molecule has 10 heteroatoms. The van der Waals surface area contributed by atoms with Gasteiger partial charge < -0.3 is 19.0 Å². The van der Waals surface area contributed by atoms with Gasteiger partial charge in [0.1, 0.15) is 17.2 Å². The standard InChI is InChI=1S/C27H31N5O4.ClH/c1-19-23(22-5-3-4-6-24(22)36-19)18-30(2)25(33)8-7-20-15-21-17-32(27(34)29-26(21)28-16-20)10-9-31-11-13-35-14-12-31;/h3-8,15-16H,9-14,17-18H2,1-2H3,(H,28,29,34);1H. The zero-order valence-electron chi connectivity index (χ0n) is 21.1. The first-order valence-corrected chi connectivity index (χ1v) is 12.2. The molecule has 0 radical (unpaired) electrons. The van der Waals surface area contributed by atoms with Crippen LogP contribution in [0, 0.1) is 6.92 Å². The maximum absolute atomic E-state index is 12.8. The number of benzene rings is 1. The van der Waals surface area contributed by atoms with Gasteiger partial charge in [0, 0.05) is 68.6 Å². The molecule has 4 heterocycles. The number of para-hydroxylation sites is 1. The van der Waals surface area contributed by atoms with E-state index in [2.05, 4.69) is 15.2 Å². The zero-order valence-corrected chi connectivity index (χ0v) is 21.9. The highest BCUT2D eigenvalue weighted by Crippen LogP contribution is 2.26. The lowest BCUT2D eigenvalue weighted by Gasteiger charge is -2.32. The van der Waals surface area contributed by atoms with Crippen LogP contribution in [0.3, 0.4) is 0 Å². The van der Waals surface area contributed by atoms with Crippen molar-refractivity contribution in [3.63, 3.8) is 0 Å². The molecule has 5 rings (SSSR count). The third-order valence-electron chi connectivity index (χ3n) is 6.74. The Kier molecular flexibility index (Phi) is 8.48. The van der Waals surface area contributed by atoms with Gasteiger partial charge in [-0.3, -0.25) is 15.0 Å². The number of carbonyl (C=O) groups excluding carboxylic acids is 2. The summed E-state index contributed by atoms with van der Waals surface area (Å²) in [6.45, 7) is 7.57. The topological polar surface area (TPSA) is 91.2 Å². The van der Waals surface area contributed by atoms with Crippen molar-refractivity contribution in [2.75, 3.05) is 51.8 Å². The molecular formula is C27H32ClN5O4. The van der Waals surface area contributed by atoms with E-state index < -0.39 is 0 Å². The fraction of sp³-hybridized carbons (Fsp3) is 0.370. The van der Waals surface area contributed by atoms with Gasteiger partial charge in [0.15, 0.2) is 0 Å². The van der Waals surface area contributed by atoms with Crippen molar-refractivity contribution in [2.45, 2.75) is 20.0 Å². The Labute approximate surface area is 222 Å². The molecule has 3 amide bonds. The number of hydrogen-bond donors (Lipinski definition) is 1. The maximum Gasteiger partial charge on any atom is 0.323 e. The first-order valence-electron chi connectivity index (χ1n) is 12.2. The largest absolute Gasteiger partial charge is 0.461 e. The van der Waals surface area contributed by atoms with E-state index in [0.29, 0.717) is 25.5 Å². The Morgan fingerprint density at radius 2 is 2.00 bits per heavy atom. The first-order chi connectivity index (χ1) is 17.5. The van der Waals surface area contributed by atoms with Crippen LogP contribution in [-0.2, 0) is 22.6 Å². The second-order valence-electron chi connectivity index (χ2n) is 9.24. The quantitative estimate of drug-likeness (QED) is 0.470. The number of hydrogen-bond acceptors (Lipinski definition) is 6. The number of morpholine rings is 1. The Balaban J connectivity index is 0.00000320. The highest BCUT2D eigenvalue weighted by Gasteiger charge is 2.24. The summed E-state index contributed by atoms with van der Waals surface area (Å²) >= 11 is 0. The molecule has 2 aromatic heterocycles. The van der Waals surface area contributed by atoms with Crippen LogP contribution < -0.4 is 5.32 Å². The summed E-state index contributed by atoms with van der Waals surface area (Å²) in [7, 11) is 1.78. The van der Waals surface area contributed by atoms with E-state index >= 15 is 0 Å². The molecule has 1 aromatic carbocycles. The van der Waals surface area contributed by atoms with Crippen LogP contribution in [0.25, 0.3) is 17.0 Å². The molecule has 196 valence electrons. The van der Waals surface area contributed by atoms with Gasteiger partial charge in [0.05, 0.1) is 19.8 Å². The van der Waals surface area contributed by atoms with Crippen LogP contribution in [0.5, 0.6) is 0 Å². The van der Waals surface area contributed by atoms with E-state index in [0.717, 1.165) is 66.3 Å². The lowest BCUT2D eigenvalue weighted by Crippen LogP contribution is -2.45. The minimum atomic E-state index is -0.134. The number of likely N-dealkylation sites (N-methyl/N-ethyl adjacent to an activating group) is 1.